The lowest BCUT2D eigenvalue weighted by molar-refractivity contribution is -0.143. The van der Waals surface area contributed by atoms with Gasteiger partial charge in [0.25, 0.3) is 0 Å². The molecule has 2 unspecified atom stereocenters. The van der Waals surface area contributed by atoms with Gasteiger partial charge in [0.2, 0.25) is 5.91 Å². The van der Waals surface area contributed by atoms with Crippen molar-refractivity contribution >= 4 is 11.9 Å². The number of carboxylic acid groups (broad SMARTS) is 1. The van der Waals surface area contributed by atoms with Gasteiger partial charge in [-0.2, -0.15) is 0 Å². The number of piperidine rings is 1. The fraction of sp³-hybridized carbons (Fsp3) is 0.875. The maximum atomic E-state index is 12.6. The monoisotopic (exact) mass is 281 g/mol. The van der Waals surface area contributed by atoms with Crippen LogP contribution in [0.15, 0.2) is 0 Å². The SMILES string of the molecule is CC(C)(CC(=O)O)CC(=O)N1CCCC2CCCCC21. The maximum Gasteiger partial charge on any atom is 0.303 e. The Bertz CT molecular complexity index is 376. The second kappa shape index (κ2) is 6.15. The Hall–Kier alpha value is -1.06. The molecule has 4 nitrogen and oxygen atoms in total. The molecule has 20 heavy (non-hydrogen) atoms. The number of rotatable bonds is 4. The normalized spacial score (nSPS) is 27.0. The van der Waals surface area contributed by atoms with Crippen LogP contribution in [-0.2, 0) is 9.59 Å². The van der Waals surface area contributed by atoms with E-state index in [1.54, 1.807) is 0 Å². The van der Waals surface area contributed by atoms with E-state index in [1.165, 1.54) is 25.7 Å². The van der Waals surface area contributed by atoms with E-state index in [9.17, 15) is 9.59 Å². The Morgan fingerprint density at radius 3 is 2.45 bits per heavy atom. The van der Waals surface area contributed by atoms with E-state index >= 15 is 0 Å². The molecule has 2 atom stereocenters. The van der Waals surface area contributed by atoms with Crippen LogP contribution in [-0.4, -0.2) is 34.5 Å². The number of carbonyl (C=O) groups excluding carboxylic acids is 1. The summed E-state index contributed by atoms with van der Waals surface area (Å²) >= 11 is 0. The highest BCUT2D eigenvalue weighted by molar-refractivity contribution is 5.78. The molecule has 114 valence electrons. The molecule has 1 heterocycles. The molecular weight excluding hydrogens is 254 g/mol. The van der Waals surface area contributed by atoms with Gasteiger partial charge in [0.05, 0.1) is 6.42 Å². The van der Waals surface area contributed by atoms with E-state index in [2.05, 4.69) is 4.90 Å². The van der Waals surface area contributed by atoms with Crippen molar-refractivity contribution in [2.45, 2.75) is 71.3 Å². The second-order valence-electron chi connectivity index (χ2n) is 7.25. The van der Waals surface area contributed by atoms with Gasteiger partial charge in [0, 0.05) is 19.0 Å². The third-order valence-corrected chi connectivity index (χ3v) is 4.82. The molecule has 0 aromatic heterocycles. The molecule has 4 heteroatoms. The molecule has 1 amide bonds. The van der Waals surface area contributed by atoms with Gasteiger partial charge in [-0.1, -0.05) is 26.7 Å². The number of carbonyl (C=O) groups is 2. The van der Waals surface area contributed by atoms with Crippen molar-refractivity contribution in [3.8, 4) is 0 Å². The van der Waals surface area contributed by atoms with Crippen molar-refractivity contribution in [2.24, 2.45) is 11.3 Å². The number of likely N-dealkylation sites (tertiary alicyclic amines) is 1. The maximum absolute atomic E-state index is 12.6. The number of aliphatic carboxylic acids is 1. The molecule has 0 spiro atoms. The second-order valence-corrected chi connectivity index (χ2v) is 7.25. The molecule has 1 saturated heterocycles. The van der Waals surface area contributed by atoms with E-state index in [4.69, 9.17) is 5.11 Å². The van der Waals surface area contributed by atoms with Crippen LogP contribution in [0, 0.1) is 11.3 Å². The number of hydrogen-bond acceptors (Lipinski definition) is 2. The quantitative estimate of drug-likeness (QED) is 0.861. The standard InChI is InChI=1S/C16H27NO3/c1-16(2,11-15(19)20)10-14(18)17-9-5-7-12-6-3-4-8-13(12)17/h12-13H,3-11H2,1-2H3,(H,19,20). The molecule has 1 N–H and O–H groups in total. The minimum absolute atomic E-state index is 0.0562. The molecular formula is C16H27NO3. The first-order valence-corrected chi connectivity index (χ1v) is 7.90. The van der Waals surface area contributed by atoms with Gasteiger partial charge >= 0.3 is 5.97 Å². The lowest BCUT2D eigenvalue weighted by atomic mass is 9.77. The van der Waals surface area contributed by atoms with Crippen molar-refractivity contribution < 1.29 is 14.7 Å². The Morgan fingerprint density at radius 2 is 1.75 bits per heavy atom. The predicted octanol–water partition coefficient (Wildman–Crippen LogP) is 3.06. The fourth-order valence-corrected chi connectivity index (χ4v) is 3.92. The summed E-state index contributed by atoms with van der Waals surface area (Å²) in [5.41, 5.74) is -0.454. The Kier molecular flexibility index (Phi) is 4.71. The summed E-state index contributed by atoms with van der Waals surface area (Å²) in [5, 5.41) is 8.93. The van der Waals surface area contributed by atoms with Crippen molar-refractivity contribution in [1.29, 1.82) is 0 Å². The summed E-state index contributed by atoms with van der Waals surface area (Å²) in [6, 6.07) is 0.422. The molecule has 2 aliphatic rings. The molecule has 0 radical (unpaired) electrons. The molecule has 0 bridgehead atoms. The Morgan fingerprint density at radius 1 is 1.10 bits per heavy atom. The van der Waals surface area contributed by atoms with Gasteiger partial charge in [-0.05, 0) is 37.0 Å². The zero-order valence-electron chi connectivity index (χ0n) is 12.7. The fourth-order valence-electron chi connectivity index (χ4n) is 3.92. The van der Waals surface area contributed by atoms with Gasteiger partial charge < -0.3 is 10.0 Å². The van der Waals surface area contributed by atoms with Crippen LogP contribution in [0.1, 0.15) is 65.2 Å². The molecule has 1 aliphatic carbocycles. The largest absolute Gasteiger partial charge is 0.481 e. The van der Waals surface area contributed by atoms with Gasteiger partial charge in [-0.15, -0.1) is 0 Å². The average molecular weight is 281 g/mol. The first kappa shape index (κ1) is 15.3. The van der Waals surface area contributed by atoms with E-state index in [0.29, 0.717) is 18.4 Å². The zero-order chi connectivity index (χ0) is 14.8. The van der Waals surface area contributed by atoms with E-state index < -0.39 is 11.4 Å². The number of nitrogens with zero attached hydrogens (tertiary/aromatic N) is 1. The Balaban J connectivity index is 1.98. The summed E-state index contributed by atoms with van der Waals surface area (Å²) < 4.78 is 0. The number of carboxylic acids is 1. The van der Waals surface area contributed by atoms with E-state index in [-0.39, 0.29) is 12.3 Å². The van der Waals surface area contributed by atoms with Crippen molar-refractivity contribution in [3.05, 3.63) is 0 Å². The van der Waals surface area contributed by atoms with Crippen LogP contribution in [0.4, 0.5) is 0 Å². The molecule has 1 saturated carbocycles. The summed E-state index contributed by atoms with van der Waals surface area (Å²) in [4.78, 5) is 25.5. The van der Waals surface area contributed by atoms with Crippen molar-refractivity contribution in [3.63, 3.8) is 0 Å². The smallest absolute Gasteiger partial charge is 0.303 e. The highest BCUT2D eigenvalue weighted by atomic mass is 16.4. The van der Waals surface area contributed by atoms with Crippen LogP contribution in [0.25, 0.3) is 0 Å². The van der Waals surface area contributed by atoms with Crippen molar-refractivity contribution in [1.82, 2.24) is 4.90 Å². The number of hydrogen-bond donors (Lipinski definition) is 1. The minimum Gasteiger partial charge on any atom is -0.481 e. The molecule has 0 aromatic carbocycles. The predicted molar refractivity (Wildman–Crippen MR) is 77.3 cm³/mol. The summed E-state index contributed by atoms with van der Waals surface area (Å²) in [7, 11) is 0. The summed E-state index contributed by atoms with van der Waals surface area (Å²) in [5.74, 6) is 0.0221. The Labute approximate surface area is 121 Å². The summed E-state index contributed by atoms with van der Waals surface area (Å²) in [6.07, 6.45) is 7.68. The number of amides is 1. The van der Waals surface area contributed by atoms with Crippen LogP contribution >= 0.6 is 0 Å². The topological polar surface area (TPSA) is 57.6 Å². The first-order valence-electron chi connectivity index (χ1n) is 7.90. The van der Waals surface area contributed by atoms with Crippen LogP contribution in [0.3, 0.4) is 0 Å². The van der Waals surface area contributed by atoms with Gasteiger partial charge in [-0.25, -0.2) is 0 Å². The molecule has 2 fully saturated rings. The highest BCUT2D eigenvalue weighted by Gasteiger charge is 2.37. The van der Waals surface area contributed by atoms with E-state index in [1.807, 2.05) is 13.8 Å². The lowest BCUT2D eigenvalue weighted by Gasteiger charge is -2.45. The third kappa shape index (κ3) is 3.74. The van der Waals surface area contributed by atoms with Crippen LogP contribution in [0.2, 0.25) is 0 Å². The molecule has 2 rings (SSSR count). The van der Waals surface area contributed by atoms with Crippen LogP contribution in [0.5, 0.6) is 0 Å². The lowest BCUT2D eigenvalue weighted by Crippen LogP contribution is -2.50. The molecule has 0 aromatic rings. The average Bonchev–Trinajstić information content (AvgIpc) is 2.35. The molecule has 1 aliphatic heterocycles. The van der Waals surface area contributed by atoms with E-state index in [0.717, 1.165) is 19.4 Å². The van der Waals surface area contributed by atoms with Crippen molar-refractivity contribution in [2.75, 3.05) is 6.54 Å². The highest BCUT2D eigenvalue weighted by Crippen LogP contribution is 2.36. The van der Waals surface area contributed by atoms with Gasteiger partial charge in [0.15, 0.2) is 0 Å². The zero-order valence-corrected chi connectivity index (χ0v) is 12.7. The summed E-state index contributed by atoms with van der Waals surface area (Å²) in [6.45, 7) is 4.62. The number of fused-ring (bicyclic) bond motifs is 1. The third-order valence-electron chi connectivity index (χ3n) is 4.82. The van der Waals surface area contributed by atoms with Gasteiger partial charge in [0.1, 0.15) is 0 Å². The van der Waals surface area contributed by atoms with Crippen LogP contribution < -0.4 is 0 Å². The van der Waals surface area contributed by atoms with Gasteiger partial charge in [-0.3, -0.25) is 9.59 Å². The first-order chi connectivity index (χ1) is 9.39. The minimum atomic E-state index is -0.822.